The molecule has 1 aromatic rings. The number of carbonyl (C=O) groups excluding carboxylic acids is 1. The minimum absolute atomic E-state index is 0.294. The summed E-state index contributed by atoms with van der Waals surface area (Å²) < 4.78 is 17.6. The predicted molar refractivity (Wildman–Crippen MR) is 89.9 cm³/mol. The molecule has 2 heterocycles. The molecule has 1 aliphatic rings. The lowest BCUT2D eigenvalue weighted by atomic mass is 9.78. The van der Waals surface area contributed by atoms with Crippen LogP contribution in [0.25, 0.3) is 0 Å². The molecule has 2 rings (SSSR count). The molecule has 0 N–H and O–H groups in total. The summed E-state index contributed by atoms with van der Waals surface area (Å²) in [6.45, 7) is 15.6. The van der Waals surface area contributed by atoms with E-state index in [-0.39, 0.29) is 5.97 Å². The van der Waals surface area contributed by atoms with Gasteiger partial charge in [-0.1, -0.05) is 0 Å². The molecule has 0 aliphatic carbocycles. The summed E-state index contributed by atoms with van der Waals surface area (Å²) in [5.41, 5.74) is 0.496. The van der Waals surface area contributed by atoms with Gasteiger partial charge in [0.2, 0.25) is 0 Å². The van der Waals surface area contributed by atoms with Crippen LogP contribution in [0.3, 0.4) is 0 Å². The van der Waals surface area contributed by atoms with E-state index in [1.54, 1.807) is 0 Å². The third-order valence-electron chi connectivity index (χ3n) is 4.17. The highest BCUT2D eigenvalue weighted by molar-refractivity contribution is 7.13. The maximum absolute atomic E-state index is 12.3. The Bertz CT molecular complexity index is 567. The number of ether oxygens (including phenoxy) is 1. The second-order valence-corrected chi connectivity index (χ2v) is 8.61. The van der Waals surface area contributed by atoms with Gasteiger partial charge in [0, 0.05) is 0 Å². The van der Waals surface area contributed by atoms with Crippen LogP contribution in [0, 0.1) is 6.92 Å². The normalized spacial score (nSPS) is 20.3. The fourth-order valence-corrected chi connectivity index (χ4v) is 3.12. The van der Waals surface area contributed by atoms with Gasteiger partial charge in [-0.05, 0) is 71.8 Å². The zero-order valence-electron chi connectivity index (χ0n) is 14.7. The zero-order valence-corrected chi connectivity index (χ0v) is 15.5. The maximum Gasteiger partial charge on any atom is 0.495 e. The Labute approximate surface area is 137 Å². The van der Waals surface area contributed by atoms with Crippen LogP contribution in [-0.4, -0.2) is 29.9 Å². The largest absolute Gasteiger partial charge is 0.495 e. The third kappa shape index (κ3) is 3.24. The van der Waals surface area contributed by atoms with Gasteiger partial charge in [-0.3, -0.25) is 0 Å². The number of hydrogen-bond donors (Lipinski definition) is 0. The van der Waals surface area contributed by atoms with Crippen molar-refractivity contribution < 1.29 is 18.8 Å². The second-order valence-electron chi connectivity index (χ2n) is 7.74. The highest BCUT2D eigenvalue weighted by atomic mass is 32.1. The van der Waals surface area contributed by atoms with Crippen LogP contribution in [0.4, 0.5) is 0 Å². The van der Waals surface area contributed by atoms with Crippen molar-refractivity contribution >= 4 is 29.9 Å². The van der Waals surface area contributed by atoms with Crippen LogP contribution < -0.4 is 5.46 Å². The summed E-state index contributed by atoms with van der Waals surface area (Å²) in [4.78, 5) is 12.9. The molecule has 6 heteroatoms. The quantitative estimate of drug-likeness (QED) is 0.618. The van der Waals surface area contributed by atoms with E-state index in [9.17, 15) is 4.79 Å². The highest BCUT2D eigenvalue weighted by Gasteiger charge is 2.52. The number of thiophene rings is 1. The first-order chi connectivity index (χ1) is 9.84. The van der Waals surface area contributed by atoms with Gasteiger partial charge in [-0.2, -0.15) is 0 Å². The van der Waals surface area contributed by atoms with Crippen molar-refractivity contribution in [3.8, 4) is 0 Å². The van der Waals surface area contributed by atoms with Crippen LogP contribution in [0.5, 0.6) is 0 Å². The SMILES string of the molecule is Cc1c(B2OC(C)(C)C(C)(C)O2)csc1C(=O)OC(C)(C)C. The molecule has 0 radical (unpaired) electrons. The molecule has 0 bridgehead atoms. The van der Waals surface area contributed by atoms with Crippen molar-refractivity contribution in [1.82, 2.24) is 0 Å². The Kier molecular flexibility index (Phi) is 4.26. The predicted octanol–water partition coefficient (Wildman–Crippen LogP) is 3.31. The lowest BCUT2D eigenvalue weighted by Crippen LogP contribution is -2.41. The average Bonchev–Trinajstić information content (AvgIpc) is 2.75. The third-order valence-corrected chi connectivity index (χ3v) is 5.25. The molecule has 0 unspecified atom stereocenters. The number of rotatable bonds is 2. The lowest BCUT2D eigenvalue weighted by molar-refractivity contribution is 0.00578. The zero-order chi connectivity index (χ0) is 16.9. The molecule has 1 aliphatic heterocycles. The molecule has 0 saturated carbocycles. The van der Waals surface area contributed by atoms with Gasteiger partial charge >= 0.3 is 13.1 Å². The molecule has 0 aromatic carbocycles. The fraction of sp³-hybridized carbons (Fsp3) is 0.688. The summed E-state index contributed by atoms with van der Waals surface area (Å²) >= 11 is 1.38. The first-order valence-corrected chi connectivity index (χ1v) is 8.39. The van der Waals surface area contributed by atoms with Crippen molar-refractivity contribution in [2.24, 2.45) is 0 Å². The smallest absolute Gasteiger partial charge is 0.456 e. The van der Waals surface area contributed by atoms with E-state index in [1.807, 2.05) is 60.8 Å². The van der Waals surface area contributed by atoms with E-state index < -0.39 is 23.9 Å². The molecular weight excluding hydrogens is 299 g/mol. The van der Waals surface area contributed by atoms with Crippen LogP contribution in [0.1, 0.15) is 63.7 Å². The van der Waals surface area contributed by atoms with Gasteiger partial charge in [-0.15, -0.1) is 11.3 Å². The molecule has 1 fully saturated rings. The first kappa shape index (κ1) is 17.5. The van der Waals surface area contributed by atoms with Gasteiger partial charge in [0.1, 0.15) is 10.5 Å². The molecule has 0 atom stereocenters. The summed E-state index contributed by atoms with van der Waals surface area (Å²) in [5.74, 6) is -0.294. The Hall–Kier alpha value is -0.845. The Balaban J connectivity index is 2.25. The number of carbonyl (C=O) groups is 1. The van der Waals surface area contributed by atoms with Crippen LogP contribution in [0.2, 0.25) is 0 Å². The van der Waals surface area contributed by atoms with E-state index >= 15 is 0 Å². The minimum Gasteiger partial charge on any atom is -0.456 e. The van der Waals surface area contributed by atoms with Crippen molar-refractivity contribution in [3.63, 3.8) is 0 Å². The van der Waals surface area contributed by atoms with Gasteiger partial charge in [-0.25, -0.2) is 4.79 Å². The topological polar surface area (TPSA) is 44.8 Å². The van der Waals surface area contributed by atoms with Crippen molar-refractivity contribution in [2.75, 3.05) is 0 Å². The van der Waals surface area contributed by atoms with Gasteiger partial charge in [0.05, 0.1) is 11.2 Å². The van der Waals surface area contributed by atoms with Crippen LogP contribution in [0.15, 0.2) is 5.38 Å². The minimum atomic E-state index is -0.502. The number of esters is 1. The standard InChI is InChI=1S/C16H25BO4S/c1-10-11(17-20-15(5,6)16(7,8)21-17)9-22-12(10)13(18)19-14(2,3)4/h9H,1-8H3. The average molecular weight is 324 g/mol. The molecule has 4 nitrogen and oxygen atoms in total. The maximum atomic E-state index is 12.3. The second kappa shape index (κ2) is 5.36. The molecule has 22 heavy (non-hydrogen) atoms. The monoisotopic (exact) mass is 324 g/mol. The van der Waals surface area contributed by atoms with E-state index in [4.69, 9.17) is 14.0 Å². The summed E-state index contributed by atoms with van der Waals surface area (Å²) in [7, 11) is -0.447. The molecular formula is C16H25BO4S. The first-order valence-electron chi connectivity index (χ1n) is 7.51. The van der Waals surface area contributed by atoms with Crippen LogP contribution in [-0.2, 0) is 14.0 Å². The van der Waals surface area contributed by atoms with Gasteiger partial charge < -0.3 is 14.0 Å². The fourth-order valence-electron chi connectivity index (χ4n) is 2.16. The molecule has 1 aromatic heterocycles. The van der Waals surface area contributed by atoms with E-state index in [2.05, 4.69) is 0 Å². The van der Waals surface area contributed by atoms with E-state index in [0.717, 1.165) is 11.0 Å². The summed E-state index contributed by atoms with van der Waals surface area (Å²) in [6, 6.07) is 0. The Morgan fingerprint density at radius 2 is 1.68 bits per heavy atom. The Morgan fingerprint density at radius 3 is 2.14 bits per heavy atom. The van der Waals surface area contributed by atoms with Crippen LogP contribution >= 0.6 is 11.3 Å². The van der Waals surface area contributed by atoms with E-state index in [1.165, 1.54) is 11.3 Å². The van der Waals surface area contributed by atoms with Crippen molar-refractivity contribution in [3.05, 3.63) is 15.8 Å². The highest BCUT2D eigenvalue weighted by Crippen LogP contribution is 2.37. The van der Waals surface area contributed by atoms with Gasteiger partial charge in [0.15, 0.2) is 0 Å². The molecule has 0 spiro atoms. The van der Waals surface area contributed by atoms with Crippen molar-refractivity contribution in [2.45, 2.75) is 72.2 Å². The Morgan fingerprint density at radius 1 is 1.18 bits per heavy atom. The van der Waals surface area contributed by atoms with Crippen molar-refractivity contribution in [1.29, 1.82) is 0 Å². The lowest BCUT2D eigenvalue weighted by Gasteiger charge is -2.32. The molecule has 0 amide bonds. The summed E-state index contributed by atoms with van der Waals surface area (Å²) in [5, 5.41) is 1.93. The molecule has 122 valence electrons. The van der Waals surface area contributed by atoms with Gasteiger partial charge in [0.25, 0.3) is 0 Å². The number of hydrogen-bond acceptors (Lipinski definition) is 5. The molecule has 1 saturated heterocycles. The summed E-state index contributed by atoms with van der Waals surface area (Å²) in [6.07, 6.45) is 0. The van der Waals surface area contributed by atoms with E-state index in [0.29, 0.717) is 4.88 Å².